The van der Waals surface area contributed by atoms with Crippen LogP contribution in [0.5, 0.6) is 0 Å². The highest BCUT2D eigenvalue weighted by molar-refractivity contribution is 5.91. The number of carbonyl (C=O) groups excluding carboxylic acids is 1. The van der Waals surface area contributed by atoms with Crippen LogP contribution < -0.4 is 10.6 Å². The van der Waals surface area contributed by atoms with E-state index in [1.54, 1.807) is 12.1 Å². The first kappa shape index (κ1) is 15.3. The molecule has 0 spiro atoms. The number of furan rings is 1. The third kappa shape index (κ3) is 5.08. The smallest absolute Gasteiger partial charge is 0.287 e. The fourth-order valence-electron chi connectivity index (χ4n) is 2.15. The lowest BCUT2D eigenvalue weighted by atomic mass is 9.98. The van der Waals surface area contributed by atoms with Crippen LogP contribution in [-0.2, 0) is 0 Å². The molecule has 0 saturated carbocycles. The Balaban J connectivity index is 1.55. The van der Waals surface area contributed by atoms with Crippen molar-refractivity contribution < 1.29 is 9.21 Å². The highest BCUT2D eigenvalue weighted by Crippen LogP contribution is 2.17. The molecule has 2 rings (SSSR count). The van der Waals surface area contributed by atoms with Crippen molar-refractivity contribution in [3.8, 4) is 0 Å². The predicted octanol–water partition coefficient (Wildman–Crippen LogP) is 2.79. The molecule has 1 atom stereocenters. The van der Waals surface area contributed by atoms with E-state index in [1.165, 1.54) is 11.8 Å². The molecule has 0 fully saturated rings. The molecule has 1 heterocycles. The maximum absolute atomic E-state index is 11.6. The Morgan fingerprint density at radius 3 is 2.62 bits per heavy atom. The summed E-state index contributed by atoms with van der Waals surface area (Å²) in [5, 5.41) is 6.15. The van der Waals surface area contributed by atoms with E-state index in [2.05, 4.69) is 41.8 Å². The molecule has 0 aliphatic carbocycles. The van der Waals surface area contributed by atoms with E-state index < -0.39 is 0 Å². The molecule has 2 aromatic rings. The van der Waals surface area contributed by atoms with Crippen LogP contribution in [0.25, 0.3) is 0 Å². The lowest BCUT2D eigenvalue weighted by molar-refractivity contribution is 0.0926. The van der Waals surface area contributed by atoms with E-state index in [1.807, 2.05) is 6.07 Å². The zero-order valence-electron chi connectivity index (χ0n) is 12.3. The molecule has 0 aliphatic heterocycles. The van der Waals surface area contributed by atoms with Crippen LogP contribution in [0.2, 0.25) is 0 Å². The predicted molar refractivity (Wildman–Crippen MR) is 83.4 cm³/mol. The topological polar surface area (TPSA) is 54.3 Å². The van der Waals surface area contributed by atoms with Gasteiger partial charge in [0.05, 0.1) is 6.26 Å². The van der Waals surface area contributed by atoms with Gasteiger partial charge in [-0.05, 0) is 36.6 Å². The van der Waals surface area contributed by atoms with Gasteiger partial charge < -0.3 is 15.1 Å². The van der Waals surface area contributed by atoms with Gasteiger partial charge >= 0.3 is 0 Å². The van der Waals surface area contributed by atoms with Gasteiger partial charge in [0.2, 0.25) is 0 Å². The first-order valence-corrected chi connectivity index (χ1v) is 7.34. The van der Waals surface area contributed by atoms with Gasteiger partial charge in [-0.3, -0.25) is 4.79 Å². The van der Waals surface area contributed by atoms with Gasteiger partial charge in [0.15, 0.2) is 5.76 Å². The zero-order chi connectivity index (χ0) is 14.9. The first-order chi connectivity index (χ1) is 10.3. The summed E-state index contributed by atoms with van der Waals surface area (Å²) in [6.07, 6.45) is 2.58. The molecule has 4 heteroatoms. The average molecular weight is 286 g/mol. The molecule has 4 nitrogen and oxygen atoms in total. The molecule has 21 heavy (non-hydrogen) atoms. The fourth-order valence-corrected chi connectivity index (χ4v) is 2.15. The van der Waals surface area contributed by atoms with Crippen LogP contribution >= 0.6 is 0 Å². The molecule has 0 radical (unpaired) electrons. The quantitative estimate of drug-likeness (QED) is 0.734. The summed E-state index contributed by atoms with van der Waals surface area (Å²) in [7, 11) is 0. The molecule has 0 bridgehead atoms. The van der Waals surface area contributed by atoms with Crippen LogP contribution in [0.3, 0.4) is 0 Å². The number of rotatable bonds is 8. The summed E-state index contributed by atoms with van der Waals surface area (Å²) in [5.74, 6) is 0.726. The minimum atomic E-state index is -0.167. The van der Waals surface area contributed by atoms with Crippen molar-refractivity contribution in [3.05, 3.63) is 60.1 Å². The van der Waals surface area contributed by atoms with E-state index >= 15 is 0 Å². The van der Waals surface area contributed by atoms with Gasteiger partial charge in [-0.2, -0.15) is 0 Å². The van der Waals surface area contributed by atoms with Gasteiger partial charge in [-0.1, -0.05) is 37.3 Å². The summed E-state index contributed by atoms with van der Waals surface area (Å²) in [5.41, 5.74) is 1.37. The molecule has 1 aromatic carbocycles. The second kappa shape index (κ2) is 8.27. The fraction of sp³-hybridized carbons (Fsp3) is 0.353. The normalized spacial score (nSPS) is 12.0. The average Bonchev–Trinajstić information content (AvgIpc) is 3.05. The van der Waals surface area contributed by atoms with E-state index in [-0.39, 0.29) is 5.91 Å². The Morgan fingerprint density at radius 1 is 1.10 bits per heavy atom. The van der Waals surface area contributed by atoms with Crippen molar-refractivity contribution in [1.29, 1.82) is 0 Å². The standard InChI is InChI=1S/C17H22N2O2/c1-14(15-6-3-2-4-7-15)9-10-18-11-12-19-17(20)16-8-5-13-21-16/h2-8,13-14,18H,9-12H2,1H3,(H,19,20). The van der Waals surface area contributed by atoms with Crippen LogP contribution in [0.1, 0.15) is 35.4 Å². The minimum Gasteiger partial charge on any atom is -0.459 e. The Bertz CT molecular complexity index is 523. The highest BCUT2D eigenvalue weighted by Gasteiger charge is 2.07. The Hall–Kier alpha value is -2.07. The van der Waals surface area contributed by atoms with E-state index in [0.29, 0.717) is 18.2 Å². The van der Waals surface area contributed by atoms with Gasteiger partial charge in [-0.25, -0.2) is 0 Å². The zero-order valence-corrected chi connectivity index (χ0v) is 12.3. The summed E-state index contributed by atoms with van der Waals surface area (Å²) >= 11 is 0. The van der Waals surface area contributed by atoms with E-state index in [0.717, 1.165) is 19.5 Å². The van der Waals surface area contributed by atoms with Crippen LogP contribution in [0.4, 0.5) is 0 Å². The molecule has 2 N–H and O–H groups in total. The molecular weight excluding hydrogens is 264 g/mol. The summed E-state index contributed by atoms with van der Waals surface area (Å²) in [4.78, 5) is 11.6. The largest absolute Gasteiger partial charge is 0.459 e. The lowest BCUT2D eigenvalue weighted by Crippen LogP contribution is -2.32. The van der Waals surface area contributed by atoms with Crippen LogP contribution in [0, 0.1) is 0 Å². The molecule has 1 amide bonds. The van der Waals surface area contributed by atoms with Crippen molar-refractivity contribution in [3.63, 3.8) is 0 Å². The number of amides is 1. The summed E-state index contributed by atoms with van der Waals surface area (Å²) < 4.78 is 5.02. The Labute approximate surface area is 125 Å². The summed E-state index contributed by atoms with van der Waals surface area (Å²) in [6.45, 7) is 4.52. The van der Waals surface area contributed by atoms with Crippen molar-refractivity contribution in [2.24, 2.45) is 0 Å². The number of nitrogens with one attached hydrogen (secondary N) is 2. The molecule has 0 saturated heterocycles. The van der Waals surface area contributed by atoms with Gasteiger partial charge in [0.25, 0.3) is 5.91 Å². The first-order valence-electron chi connectivity index (χ1n) is 7.34. The SMILES string of the molecule is CC(CCNCCNC(=O)c1ccco1)c1ccccc1. The van der Waals surface area contributed by atoms with Gasteiger partial charge in [0, 0.05) is 13.1 Å². The lowest BCUT2D eigenvalue weighted by Gasteiger charge is -2.12. The molecule has 1 aromatic heterocycles. The number of hydrogen-bond acceptors (Lipinski definition) is 3. The number of hydrogen-bond donors (Lipinski definition) is 2. The highest BCUT2D eigenvalue weighted by atomic mass is 16.3. The molecular formula is C17H22N2O2. The van der Waals surface area contributed by atoms with Crippen molar-refractivity contribution in [2.45, 2.75) is 19.3 Å². The Morgan fingerprint density at radius 2 is 1.90 bits per heavy atom. The second-order valence-electron chi connectivity index (χ2n) is 5.08. The van der Waals surface area contributed by atoms with E-state index in [4.69, 9.17) is 4.42 Å². The van der Waals surface area contributed by atoms with Crippen LogP contribution in [-0.4, -0.2) is 25.5 Å². The van der Waals surface area contributed by atoms with Crippen molar-refractivity contribution in [1.82, 2.24) is 10.6 Å². The number of carbonyl (C=O) groups is 1. The monoisotopic (exact) mass is 286 g/mol. The van der Waals surface area contributed by atoms with Crippen molar-refractivity contribution >= 4 is 5.91 Å². The van der Waals surface area contributed by atoms with Crippen LogP contribution in [0.15, 0.2) is 53.1 Å². The third-order valence-corrected chi connectivity index (χ3v) is 3.46. The maximum Gasteiger partial charge on any atom is 0.287 e. The molecule has 1 unspecified atom stereocenters. The number of benzene rings is 1. The minimum absolute atomic E-state index is 0.167. The molecule has 0 aliphatic rings. The molecule has 112 valence electrons. The van der Waals surface area contributed by atoms with Gasteiger partial charge in [-0.15, -0.1) is 0 Å². The van der Waals surface area contributed by atoms with Crippen molar-refractivity contribution in [2.75, 3.05) is 19.6 Å². The third-order valence-electron chi connectivity index (χ3n) is 3.46. The van der Waals surface area contributed by atoms with E-state index in [9.17, 15) is 4.79 Å². The summed E-state index contributed by atoms with van der Waals surface area (Å²) in [6, 6.07) is 13.9. The second-order valence-corrected chi connectivity index (χ2v) is 5.08. The maximum atomic E-state index is 11.6. The van der Waals surface area contributed by atoms with Gasteiger partial charge in [0.1, 0.15) is 0 Å². The Kier molecular flexibility index (Phi) is 6.03.